The van der Waals surface area contributed by atoms with Crippen molar-refractivity contribution in [1.29, 1.82) is 0 Å². The van der Waals surface area contributed by atoms with Crippen molar-refractivity contribution in [1.82, 2.24) is 5.32 Å². The summed E-state index contributed by atoms with van der Waals surface area (Å²) in [7, 11) is 0. The fraction of sp³-hybridized carbons (Fsp3) is 0.900. The molecule has 1 N–H and O–H groups in total. The summed E-state index contributed by atoms with van der Waals surface area (Å²) in [6.07, 6.45) is 6.76. The number of hydrogen-bond donors (Lipinski definition) is 1. The molecule has 0 radical (unpaired) electrons. The number of rotatable bonds is 3. The smallest absolute Gasteiger partial charge is 0.233 e. The number of amides is 1. The molecule has 0 aromatic rings. The van der Waals surface area contributed by atoms with Gasteiger partial charge < -0.3 is 5.32 Å². The van der Waals surface area contributed by atoms with Crippen LogP contribution in [0.15, 0.2) is 0 Å². The van der Waals surface area contributed by atoms with Gasteiger partial charge in [-0.25, -0.2) is 0 Å². The molecule has 0 aromatic carbocycles. The molecular formula is C10H19NOS. The van der Waals surface area contributed by atoms with E-state index in [2.05, 4.69) is 12.2 Å². The summed E-state index contributed by atoms with van der Waals surface area (Å²) < 4.78 is 0. The molecule has 0 saturated heterocycles. The van der Waals surface area contributed by atoms with Crippen LogP contribution in [0.5, 0.6) is 0 Å². The van der Waals surface area contributed by atoms with E-state index in [9.17, 15) is 4.79 Å². The first kappa shape index (κ1) is 10.9. The third kappa shape index (κ3) is 2.90. The molecule has 1 aliphatic carbocycles. The lowest BCUT2D eigenvalue weighted by atomic mass is 10.0. The van der Waals surface area contributed by atoms with Crippen molar-refractivity contribution >= 4 is 17.7 Å². The average Bonchev–Trinajstić information content (AvgIpc) is 2.50. The summed E-state index contributed by atoms with van der Waals surface area (Å²) in [4.78, 5) is 11.6. The summed E-state index contributed by atoms with van der Waals surface area (Å²) in [5, 5.41) is 3.23. The van der Waals surface area contributed by atoms with Crippen LogP contribution >= 0.6 is 11.8 Å². The van der Waals surface area contributed by atoms with Gasteiger partial charge in [0.25, 0.3) is 0 Å². The van der Waals surface area contributed by atoms with E-state index in [0.29, 0.717) is 0 Å². The quantitative estimate of drug-likeness (QED) is 0.758. The summed E-state index contributed by atoms with van der Waals surface area (Å²) >= 11 is 1.60. The lowest BCUT2D eigenvalue weighted by Crippen LogP contribution is -2.46. The molecule has 0 spiro atoms. The first-order chi connectivity index (χ1) is 6.07. The van der Waals surface area contributed by atoms with Crippen molar-refractivity contribution in [2.75, 3.05) is 6.26 Å². The Morgan fingerprint density at radius 2 is 2.00 bits per heavy atom. The van der Waals surface area contributed by atoms with Crippen LogP contribution in [0.4, 0.5) is 0 Å². The minimum absolute atomic E-state index is 0.0809. The molecule has 2 nitrogen and oxygen atoms in total. The Bertz CT molecular complexity index is 187. The predicted molar refractivity (Wildman–Crippen MR) is 58.0 cm³/mol. The maximum atomic E-state index is 11.6. The largest absolute Gasteiger partial charge is 0.350 e. The maximum Gasteiger partial charge on any atom is 0.233 e. The van der Waals surface area contributed by atoms with Crippen molar-refractivity contribution in [3.63, 3.8) is 0 Å². The fourth-order valence-corrected chi connectivity index (χ4v) is 2.06. The van der Waals surface area contributed by atoms with Crippen molar-refractivity contribution in [3.8, 4) is 0 Å². The minimum atomic E-state index is 0.0809. The topological polar surface area (TPSA) is 29.1 Å². The number of carbonyl (C=O) groups excluding carboxylic acids is 1. The van der Waals surface area contributed by atoms with Gasteiger partial charge in [0.2, 0.25) is 5.91 Å². The average molecular weight is 201 g/mol. The summed E-state index contributed by atoms with van der Waals surface area (Å²) in [5.74, 6) is 0.192. The zero-order valence-corrected chi connectivity index (χ0v) is 9.54. The van der Waals surface area contributed by atoms with Gasteiger partial charge in [0.05, 0.1) is 5.25 Å². The molecular weight excluding hydrogens is 182 g/mol. The van der Waals surface area contributed by atoms with Gasteiger partial charge in [-0.05, 0) is 32.9 Å². The molecule has 1 rings (SSSR count). The molecule has 1 fully saturated rings. The Morgan fingerprint density at radius 1 is 1.46 bits per heavy atom. The van der Waals surface area contributed by atoms with E-state index < -0.39 is 0 Å². The van der Waals surface area contributed by atoms with E-state index in [1.165, 1.54) is 12.8 Å². The first-order valence-electron chi connectivity index (χ1n) is 4.92. The first-order valence-corrected chi connectivity index (χ1v) is 6.21. The van der Waals surface area contributed by atoms with Gasteiger partial charge in [0.15, 0.2) is 0 Å². The molecule has 0 aromatic heterocycles. The van der Waals surface area contributed by atoms with Crippen molar-refractivity contribution in [2.45, 2.75) is 50.3 Å². The van der Waals surface area contributed by atoms with E-state index in [4.69, 9.17) is 0 Å². The van der Waals surface area contributed by atoms with Crippen LogP contribution in [0, 0.1) is 0 Å². The molecule has 3 heteroatoms. The highest BCUT2D eigenvalue weighted by Gasteiger charge is 2.31. The molecule has 1 saturated carbocycles. The van der Waals surface area contributed by atoms with Gasteiger partial charge in [-0.3, -0.25) is 4.79 Å². The van der Waals surface area contributed by atoms with Gasteiger partial charge >= 0.3 is 0 Å². The number of nitrogens with one attached hydrogen (secondary N) is 1. The van der Waals surface area contributed by atoms with Crippen LogP contribution in [0.1, 0.15) is 39.5 Å². The van der Waals surface area contributed by atoms with Crippen molar-refractivity contribution < 1.29 is 4.79 Å². The van der Waals surface area contributed by atoms with Crippen LogP contribution in [0.2, 0.25) is 0 Å². The summed E-state index contributed by atoms with van der Waals surface area (Å²) in [6.45, 7) is 4.11. The SMILES string of the molecule is CSC(C)C(=O)NC1(C)CCCC1. The Balaban J connectivity index is 2.43. The third-order valence-corrected chi connectivity index (χ3v) is 3.78. The zero-order chi connectivity index (χ0) is 9.90. The maximum absolute atomic E-state index is 11.6. The van der Waals surface area contributed by atoms with Gasteiger partial charge in [0, 0.05) is 5.54 Å². The lowest BCUT2D eigenvalue weighted by Gasteiger charge is -2.26. The standard InChI is InChI=1S/C10H19NOS/c1-8(13-3)9(12)11-10(2)6-4-5-7-10/h8H,4-7H2,1-3H3,(H,11,12). The fourth-order valence-electron chi connectivity index (χ4n) is 1.79. The van der Waals surface area contributed by atoms with Crippen molar-refractivity contribution in [3.05, 3.63) is 0 Å². The molecule has 0 bridgehead atoms. The molecule has 76 valence electrons. The molecule has 13 heavy (non-hydrogen) atoms. The Labute approximate surface area is 84.9 Å². The molecule has 1 atom stereocenters. The monoisotopic (exact) mass is 201 g/mol. The Kier molecular flexibility index (Phi) is 3.65. The van der Waals surface area contributed by atoms with Gasteiger partial charge in [-0.1, -0.05) is 12.8 Å². The van der Waals surface area contributed by atoms with Crippen LogP contribution in [-0.4, -0.2) is 23.0 Å². The Hall–Kier alpha value is -0.180. The van der Waals surface area contributed by atoms with E-state index in [-0.39, 0.29) is 16.7 Å². The van der Waals surface area contributed by atoms with Gasteiger partial charge in [-0.2, -0.15) is 11.8 Å². The Morgan fingerprint density at radius 3 is 2.46 bits per heavy atom. The number of thioether (sulfide) groups is 1. The third-order valence-electron chi connectivity index (χ3n) is 2.85. The number of carbonyl (C=O) groups is 1. The van der Waals surface area contributed by atoms with Gasteiger partial charge in [-0.15, -0.1) is 0 Å². The zero-order valence-electron chi connectivity index (χ0n) is 8.72. The van der Waals surface area contributed by atoms with Crippen LogP contribution in [-0.2, 0) is 4.79 Å². The van der Waals surface area contributed by atoms with E-state index in [0.717, 1.165) is 12.8 Å². The molecule has 0 aliphatic heterocycles. The number of hydrogen-bond acceptors (Lipinski definition) is 2. The van der Waals surface area contributed by atoms with Crippen LogP contribution < -0.4 is 5.32 Å². The normalized spacial score (nSPS) is 22.7. The van der Waals surface area contributed by atoms with Crippen molar-refractivity contribution in [2.24, 2.45) is 0 Å². The molecule has 1 unspecified atom stereocenters. The van der Waals surface area contributed by atoms with Crippen LogP contribution in [0.25, 0.3) is 0 Å². The predicted octanol–water partition coefficient (Wildman–Crippen LogP) is 2.19. The van der Waals surface area contributed by atoms with E-state index >= 15 is 0 Å². The molecule has 1 amide bonds. The van der Waals surface area contributed by atoms with E-state index in [1.807, 2.05) is 13.2 Å². The highest BCUT2D eigenvalue weighted by molar-refractivity contribution is 7.99. The second kappa shape index (κ2) is 4.36. The van der Waals surface area contributed by atoms with Crippen LogP contribution in [0.3, 0.4) is 0 Å². The van der Waals surface area contributed by atoms with Gasteiger partial charge in [0.1, 0.15) is 0 Å². The molecule has 1 aliphatic rings. The highest BCUT2D eigenvalue weighted by Crippen LogP contribution is 2.29. The second-order valence-corrected chi connectivity index (χ2v) is 5.31. The second-order valence-electron chi connectivity index (χ2n) is 4.13. The molecule has 0 heterocycles. The summed E-state index contributed by atoms with van der Waals surface area (Å²) in [5.41, 5.74) is 0.0844. The lowest BCUT2D eigenvalue weighted by molar-refractivity contribution is -0.122. The highest BCUT2D eigenvalue weighted by atomic mass is 32.2. The van der Waals surface area contributed by atoms with E-state index in [1.54, 1.807) is 11.8 Å². The minimum Gasteiger partial charge on any atom is -0.350 e. The summed E-state index contributed by atoms with van der Waals surface area (Å²) in [6, 6.07) is 0.